The Morgan fingerprint density at radius 3 is 2.76 bits per heavy atom. The Kier molecular flexibility index (Phi) is 7.15. The van der Waals surface area contributed by atoms with Gasteiger partial charge in [-0.3, -0.25) is 10.0 Å². The van der Waals surface area contributed by atoms with Crippen molar-refractivity contribution in [1.29, 1.82) is 0 Å². The first-order chi connectivity index (χ1) is 16.0. The number of aliphatic imine (C=N–C) groups is 1. The highest BCUT2D eigenvalue weighted by molar-refractivity contribution is 5.95. The van der Waals surface area contributed by atoms with Crippen molar-refractivity contribution < 1.29 is 10.0 Å². The van der Waals surface area contributed by atoms with Crippen LogP contribution in [0.2, 0.25) is 0 Å². The molecule has 8 nitrogen and oxygen atoms in total. The number of piperidine rings is 1. The first-order valence-electron chi connectivity index (χ1n) is 11.6. The molecule has 176 valence electrons. The van der Waals surface area contributed by atoms with Crippen molar-refractivity contribution in [2.24, 2.45) is 23.7 Å². The van der Waals surface area contributed by atoms with E-state index in [0.717, 1.165) is 45.6 Å². The summed E-state index contributed by atoms with van der Waals surface area (Å²) in [7, 11) is 2.14. The third-order valence-electron chi connectivity index (χ3n) is 7.01. The first-order valence-corrected chi connectivity index (χ1v) is 11.6. The van der Waals surface area contributed by atoms with Crippen molar-refractivity contribution in [1.82, 2.24) is 19.8 Å². The summed E-state index contributed by atoms with van der Waals surface area (Å²) in [6.45, 7) is 8.66. The minimum Gasteiger partial charge on any atom is -0.370 e. The number of para-hydroxylation sites is 1. The van der Waals surface area contributed by atoms with Gasteiger partial charge in [-0.1, -0.05) is 30.9 Å². The van der Waals surface area contributed by atoms with Crippen molar-refractivity contribution in [2.75, 3.05) is 32.7 Å². The van der Waals surface area contributed by atoms with Gasteiger partial charge in [0.2, 0.25) is 0 Å². The summed E-state index contributed by atoms with van der Waals surface area (Å²) in [5, 5.41) is 10.1. The third kappa shape index (κ3) is 5.12. The molecule has 1 aromatic heterocycles. The lowest BCUT2D eigenvalue weighted by Crippen LogP contribution is -2.44. The SMILES string of the molecule is C=C/C(=C\N=C(/N)N1CCC(CN2CCC(c3cn(C)c4ccccc34)C2)CC1)C(=O)NO. The summed E-state index contributed by atoms with van der Waals surface area (Å²) in [6.07, 6.45) is 8.33. The van der Waals surface area contributed by atoms with Gasteiger partial charge in [-0.05, 0) is 49.3 Å². The van der Waals surface area contributed by atoms with Crippen LogP contribution in [0.15, 0.2) is 59.9 Å². The number of hydroxylamine groups is 1. The average Bonchev–Trinajstić information content (AvgIpc) is 3.44. The molecular formula is C25H34N6O2. The Bertz CT molecular complexity index is 1060. The number of nitrogens with two attached hydrogens (primary N) is 1. The quantitative estimate of drug-likeness (QED) is 0.157. The molecule has 0 spiro atoms. The largest absolute Gasteiger partial charge is 0.370 e. The molecule has 2 aromatic rings. The number of carbonyl (C=O) groups is 1. The minimum absolute atomic E-state index is 0.158. The number of hydrogen-bond donors (Lipinski definition) is 3. The van der Waals surface area contributed by atoms with Crippen LogP contribution in [0.5, 0.6) is 0 Å². The summed E-state index contributed by atoms with van der Waals surface area (Å²) in [5.41, 5.74) is 10.6. The molecule has 4 rings (SSSR count). The zero-order valence-corrected chi connectivity index (χ0v) is 19.3. The van der Waals surface area contributed by atoms with Crippen LogP contribution >= 0.6 is 0 Å². The molecule has 1 aromatic carbocycles. The fraction of sp³-hybridized carbons (Fsp3) is 0.440. The maximum atomic E-state index is 11.5. The number of hydrogen-bond acceptors (Lipinski definition) is 4. The predicted octanol–water partition coefficient (Wildman–Crippen LogP) is 2.57. The summed E-state index contributed by atoms with van der Waals surface area (Å²) in [5.74, 6) is 0.976. The fourth-order valence-corrected chi connectivity index (χ4v) is 5.15. The van der Waals surface area contributed by atoms with Crippen molar-refractivity contribution >= 4 is 22.8 Å². The molecule has 2 aliphatic rings. The Hall–Kier alpha value is -3.10. The predicted molar refractivity (Wildman–Crippen MR) is 131 cm³/mol. The second-order valence-electron chi connectivity index (χ2n) is 9.10. The van der Waals surface area contributed by atoms with E-state index < -0.39 is 5.91 Å². The molecule has 2 fully saturated rings. The molecule has 2 aliphatic heterocycles. The van der Waals surface area contributed by atoms with Gasteiger partial charge in [-0.25, -0.2) is 10.5 Å². The van der Waals surface area contributed by atoms with Gasteiger partial charge >= 0.3 is 0 Å². The van der Waals surface area contributed by atoms with Crippen LogP contribution in [0.25, 0.3) is 10.9 Å². The van der Waals surface area contributed by atoms with E-state index in [9.17, 15) is 4.79 Å². The number of aryl methyl sites for hydroxylation is 1. The van der Waals surface area contributed by atoms with Crippen molar-refractivity contribution in [2.45, 2.75) is 25.2 Å². The summed E-state index contributed by atoms with van der Waals surface area (Å²) in [4.78, 5) is 20.3. The smallest absolute Gasteiger partial charge is 0.276 e. The van der Waals surface area contributed by atoms with Gasteiger partial charge < -0.3 is 20.1 Å². The van der Waals surface area contributed by atoms with Crippen LogP contribution in [0, 0.1) is 5.92 Å². The minimum atomic E-state index is -0.660. The van der Waals surface area contributed by atoms with Crippen molar-refractivity contribution in [3.63, 3.8) is 0 Å². The van der Waals surface area contributed by atoms with Gasteiger partial charge in [0.1, 0.15) is 0 Å². The van der Waals surface area contributed by atoms with Gasteiger partial charge in [-0.2, -0.15) is 0 Å². The molecule has 1 unspecified atom stereocenters. The highest BCUT2D eigenvalue weighted by atomic mass is 16.5. The van der Waals surface area contributed by atoms with E-state index in [2.05, 4.69) is 58.5 Å². The second kappa shape index (κ2) is 10.2. The van der Waals surface area contributed by atoms with E-state index in [1.165, 1.54) is 35.2 Å². The highest BCUT2D eigenvalue weighted by Crippen LogP contribution is 2.34. The Labute approximate surface area is 195 Å². The number of benzene rings is 1. The molecule has 0 radical (unpaired) electrons. The van der Waals surface area contributed by atoms with E-state index in [0.29, 0.717) is 17.8 Å². The number of nitrogens with one attached hydrogen (secondary N) is 1. The van der Waals surface area contributed by atoms with Crippen LogP contribution in [0.1, 0.15) is 30.7 Å². The monoisotopic (exact) mass is 450 g/mol. The van der Waals surface area contributed by atoms with Gasteiger partial charge in [0.25, 0.3) is 5.91 Å². The average molecular weight is 451 g/mol. The Morgan fingerprint density at radius 1 is 1.27 bits per heavy atom. The molecule has 0 bridgehead atoms. The number of amides is 1. The molecule has 0 saturated carbocycles. The molecule has 3 heterocycles. The van der Waals surface area contributed by atoms with Crippen LogP contribution in [-0.2, 0) is 11.8 Å². The first kappa shape index (κ1) is 23.1. The van der Waals surface area contributed by atoms with E-state index in [-0.39, 0.29) is 5.57 Å². The zero-order chi connectivity index (χ0) is 23.4. The lowest BCUT2D eigenvalue weighted by Gasteiger charge is -2.34. The number of fused-ring (bicyclic) bond motifs is 1. The lowest BCUT2D eigenvalue weighted by atomic mass is 9.96. The van der Waals surface area contributed by atoms with Gasteiger partial charge in [0, 0.05) is 56.5 Å². The number of guanidine groups is 1. The van der Waals surface area contributed by atoms with Crippen LogP contribution in [0.4, 0.5) is 0 Å². The van der Waals surface area contributed by atoms with Gasteiger partial charge in [0.15, 0.2) is 5.96 Å². The van der Waals surface area contributed by atoms with Crippen molar-refractivity contribution in [3.05, 3.63) is 60.5 Å². The number of likely N-dealkylation sites (tertiary alicyclic amines) is 2. The molecule has 2 saturated heterocycles. The molecule has 0 aliphatic carbocycles. The van der Waals surface area contributed by atoms with Crippen LogP contribution < -0.4 is 11.2 Å². The number of aromatic nitrogens is 1. The fourth-order valence-electron chi connectivity index (χ4n) is 5.15. The highest BCUT2D eigenvalue weighted by Gasteiger charge is 2.29. The topological polar surface area (TPSA) is 99.1 Å². The maximum Gasteiger partial charge on any atom is 0.276 e. The second-order valence-corrected chi connectivity index (χ2v) is 9.10. The number of carbonyl (C=O) groups excluding carboxylic acids is 1. The Morgan fingerprint density at radius 2 is 2.03 bits per heavy atom. The maximum absolute atomic E-state index is 11.5. The molecule has 1 amide bonds. The van der Waals surface area contributed by atoms with Crippen LogP contribution in [0.3, 0.4) is 0 Å². The van der Waals surface area contributed by atoms with Gasteiger partial charge in [-0.15, -0.1) is 0 Å². The van der Waals surface area contributed by atoms with E-state index >= 15 is 0 Å². The zero-order valence-electron chi connectivity index (χ0n) is 19.3. The molecule has 8 heteroatoms. The number of nitrogens with zero attached hydrogens (tertiary/aromatic N) is 4. The lowest BCUT2D eigenvalue weighted by molar-refractivity contribution is -0.124. The third-order valence-corrected chi connectivity index (χ3v) is 7.01. The van der Waals surface area contributed by atoms with Crippen LogP contribution in [-0.4, -0.2) is 64.2 Å². The normalized spacial score (nSPS) is 21.0. The van der Waals surface area contributed by atoms with E-state index in [4.69, 9.17) is 10.9 Å². The molecule has 33 heavy (non-hydrogen) atoms. The number of rotatable bonds is 6. The Balaban J connectivity index is 1.29. The molecule has 4 N–H and O–H groups in total. The van der Waals surface area contributed by atoms with E-state index in [1.807, 2.05) is 4.90 Å². The molecule has 1 atom stereocenters. The van der Waals surface area contributed by atoms with Crippen molar-refractivity contribution in [3.8, 4) is 0 Å². The summed E-state index contributed by atoms with van der Waals surface area (Å²) >= 11 is 0. The summed E-state index contributed by atoms with van der Waals surface area (Å²) in [6, 6.07) is 8.69. The van der Waals surface area contributed by atoms with Gasteiger partial charge in [0.05, 0.1) is 5.57 Å². The summed E-state index contributed by atoms with van der Waals surface area (Å²) < 4.78 is 2.25. The standard InChI is InChI=1S/C25H34N6O2/c1-3-19(24(32)28-33)14-27-25(26)31-12-8-18(9-13-31)15-30-11-10-20(16-30)22-17-29(2)23-7-5-4-6-21(22)23/h3-7,14,17-18,20,33H,1,8-13,15-16H2,2H3,(H2,26,27)(H,28,32)/b19-14+. The molecular weight excluding hydrogens is 416 g/mol. The van der Waals surface area contributed by atoms with E-state index in [1.54, 1.807) is 5.48 Å².